The highest BCUT2D eigenvalue weighted by molar-refractivity contribution is 7.20. The molecule has 1 aromatic heterocycles. The summed E-state index contributed by atoms with van der Waals surface area (Å²) in [6.45, 7) is 11.5. The van der Waals surface area contributed by atoms with Crippen molar-refractivity contribution in [3.63, 3.8) is 0 Å². The Morgan fingerprint density at radius 3 is 2.58 bits per heavy atom. The number of hydrogen-bond acceptors (Lipinski definition) is 2. The number of aliphatic hydroxyl groups excluding tert-OH is 1. The molecular formula is C17H16OS. The molecule has 2 aromatic rings. The lowest BCUT2D eigenvalue weighted by Crippen LogP contribution is -1.95. The van der Waals surface area contributed by atoms with Crippen molar-refractivity contribution in [1.82, 2.24) is 0 Å². The Morgan fingerprint density at radius 2 is 1.95 bits per heavy atom. The van der Waals surface area contributed by atoms with Crippen LogP contribution in [0.4, 0.5) is 0 Å². The predicted molar refractivity (Wildman–Crippen MR) is 84.1 cm³/mol. The molecule has 0 aliphatic carbocycles. The van der Waals surface area contributed by atoms with E-state index in [0.717, 1.165) is 31.7 Å². The zero-order valence-corrected chi connectivity index (χ0v) is 12.0. The van der Waals surface area contributed by atoms with Crippen LogP contribution in [0, 0.1) is 11.8 Å². The van der Waals surface area contributed by atoms with Gasteiger partial charge in [0.05, 0.1) is 0 Å². The summed E-state index contributed by atoms with van der Waals surface area (Å²) < 4.78 is 1.15. The van der Waals surface area contributed by atoms with E-state index in [4.69, 9.17) is 0 Å². The number of thiophene rings is 1. The van der Waals surface area contributed by atoms with E-state index in [-0.39, 0.29) is 0 Å². The normalized spacial score (nSPS) is 11.7. The Labute approximate surface area is 117 Å². The molecule has 0 radical (unpaired) electrons. The minimum Gasteiger partial charge on any atom is -0.376 e. The second-order valence-corrected chi connectivity index (χ2v) is 5.63. The quantitative estimate of drug-likeness (QED) is 0.792. The van der Waals surface area contributed by atoms with Crippen LogP contribution in [-0.2, 0) is 0 Å². The monoisotopic (exact) mass is 268 g/mol. The molecule has 96 valence electrons. The molecule has 2 heteroatoms. The summed E-state index contributed by atoms with van der Waals surface area (Å²) in [5.74, 6) is 5.69. The second-order valence-electron chi connectivity index (χ2n) is 4.57. The molecule has 1 unspecified atom stereocenters. The molecule has 0 fully saturated rings. The molecule has 0 aliphatic rings. The van der Waals surface area contributed by atoms with Gasteiger partial charge in [-0.1, -0.05) is 43.2 Å². The van der Waals surface area contributed by atoms with Gasteiger partial charge in [0.2, 0.25) is 0 Å². The summed E-state index contributed by atoms with van der Waals surface area (Å²) in [7, 11) is 0. The van der Waals surface area contributed by atoms with E-state index in [1.54, 1.807) is 11.3 Å². The predicted octanol–water partition coefficient (Wildman–Crippen LogP) is 4.55. The molecule has 2 rings (SSSR count). The molecule has 1 heterocycles. The van der Waals surface area contributed by atoms with Crippen LogP contribution in [0.1, 0.15) is 30.4 Å². The Kier molecular flexibility index (Phi) is 3.90. The maximum Gasteiger partial charge on any atom is 0.142 e. The number of fused-ring (bicyclic) bond motifs is 1. The van der Waals surface area contributed by atoms with Crippen LogP contribution >= 0.6 is 11.3 Å². The van der Waals surface area contributed by atoms with Gasteiger partial charge in [-0.3, -0.25) is 0 Å². The highest BCUT2D eigenvalue weighted by atomic mass is 32.1. The van der Waals surface area contributed by atoms with Crippen molar-refractivity contribution >= 4 is 27.0 Å². The lowest BCUT2D eigenvalue weighted by atomic mass is 10.0. The Bertz CT molecular complexity index is 710. The maximum atomic E-state index is 10.3. The SMILES string of the molecule is C=C(C)C#CC(O)c1c(C(=C)C)sc2ccccc12. The average Bonchev–Trinajstić information content (AvgIpc) is 2.75. The van der Waals surface area contributed by atoms with Crippen LogP contribution in [0.15, 0.2) is 43.0 Å². The van der Waals surface area contributed by atoms with Gasteiger partial charge in [-0.2, -0.15) is 0 Å². The van der Waals surface area contributed by atoms with Gasteiger partial charge in [-0.05, 0) is 36.4 Å². The van der Waals surface area contributed by atoms with Gasteiger partial charge in [0.1, 0.15) is 6.10 Å². The van der Waals surface area contributed by atoms with Gasteiger partial charge < -0.3 is 5.11 Å². The molecule has 0 spiro atoms. The van der Waals surface area contributed by atoms with Crippen molar-refractivity contribution in [3.8, 4) is 11.8 Å². The molecule has 1 N–H and O–H groups in total. The van der Waals surface area contributed by atoms with Crippen molar-refractivity contribution in [2.45, 2.75) is 20.0 Å². The number of hydrogen-bond donors (Lipinski definition) is 1. The molecule has 0 amide bonds. The fourth-order valence-electron chi connectivity index (χ4n) is 1.92. The highest BCUT2D eigenvalue weighted by Crippen LogP contribution is 2.38. The van der Waals surface area contributed by atoms with E-state index in [1.165, 1.54) is 0 Å². The molecule has 19 heavy (non-hydrogen) atoms. The minimum absolute atomic E-state index is 0.746. The van der Waals surface area contributed by atoms with Crippen molar-refractivity contribution in [1.29, 1.82) is 0 Å². The summed E-state index contributed by atoms with van der Waals surface area (Å²) in [6.07, 6.45) is -0.806. The molecule has 0 saturated carbocycles. The first-order chi connectivity index (χ1) is 9.00. The average molecular weight is 268 g/mol. The van der Waals surface area contributed by atoms with Crippen molar-refractivity contribution in [2.75, 3.05) is 0 Å². The zero-order chi connectivity index (χ0) is 14.0. The van der Waals surface area contributed by atoms with Crippen molar-refractivity contribution in [3.05, 3.63) is 53.4 Å². The van der Waals surface area contributed by atoms with E-state index < -0.39 is 6.10 Å². The Hall–Kier alpha value is -1.82. The van der Waals surface area contributed by atoms with Gasteiger partial charge in [-0.15, -0.1) is 11.3 Å². The fourth-order valence-corrected chi connectivity index (χ4v) is 3.08. The van der Waals surface area contributed by atoms with E-state index in [1.807, 2.05) is 32.0 Å². The Morgan fingerprint density at radius 1 is 1.26 bits per heavy atom. The van der Waals surface area contributed by atoms with Crippen molar-refractivity contribution < 1.29 is 5.11 Å². The van der Waals surface area contributed by atoms with Crippen LogP contribution in [0.25, 0.3) is 15.7 Å². The third-order valence-electron chi connectivity index (χ3n) is 2.72. The Balaban J connectivity index is 2.63. The van der Waals surface area contributed by atoms with Crippen LogP contribution in [-0.4, -0.2) is 5.11 Å². The summed E-state index contributed by atoms with van der Waals surface area (Å²) in [4.78, 5) is 1.02. The minimum atomic E-state index is -0.806. The first-order valence-electron chi connectivity index (χ1n) is 6.03. The fraction of sp³-hybridized carbons (Fsp3) is 0.176. The second kappa shape index (κ2) is 5.44. The first kappa shape index (κ1) is 13.6. The topological polar surface area (TPSA) is 20.2 Å². The number of aliphatic hydroxyl groups is 1. The smallest absolute Gasteiger partial charge is 0.142 e. The van der Waals surface area contributed by atoms with Crippen LogP contribution in [0.2, 0.25) is 0 Å². The molecule has 0 bridgehead atoms. The van der Waals surface area contributed by atoms with E-state index in [2.05, 4.69) is 31.1 Å². The maximum absolute atomic E-state index is 10.3. The summed E-state index contributed by atoms with van der Waals surface area (Å²) in [5, 5.41) is 11.4. The zero-order valence-electron chi connectivity index (χ0n) is 11.2. The van der Waals surface area contributed by atoms with Gasteiger partial charge in [0.25, 0.3) is 0 Å². The first-order valence-corrected chi connectivity index (χ1v) is 6.84. The summed E-state index contributed by atoms with van der Waals surface area (Å²) in [5.41, 5.74) is 2.56. The van der Waals surface area contributed by atoms with E-state index in [9.17, 15) is 5.11 Å². The lowest BCUT2D eigenvalue weighted by molar-refractivity contribution is 0.240. The summed E-state index contributed by atoms with van der Waals surface area (Å²) in [6, 6.07) is 8.03. The molecule has 1 atom stereocenters. The van der Waals surface area contributed by atoms with E-state index >= 15 is 0 Å². The third-order valence-corrected chi connectivity index (χ3v) is 4.07. The molecule has 0 saturated heterocycles. The van der Waals surface area contributed by atoms with Crippen LogP contribution in [0.5, 0.6) is 0 Å². The molecular weight excluding hydrogens is 252 g/mol. The third kappa shape index (κ3) is 2.78. The van der Waals surface area contributed by atoms with Gasteiger partial charge in [0, 0.05) is 15.1 Å². The van der Waals surface area contributed by atoms with Crippen LogP contribution in [0.3, 0.4) is 0 Å². The number of benzene rings is 1. The van der Waals surface area contributed by atoms with Crippen molar-refractivity contribution in [2.24, 2.45) is 0 Å². The molecule has 1 aromatic carbocycles. The largest absolute Gasteiger partial charge is 0.376 e. The standard InChI is InChI=1S/C17H16OS/c1-11(2)9-10-14(18)16-13-7-5-6-8-15(13)19-17(16)12(3)4/h5-8,14,18H,1,3H2,2,4H3. The highest BCUT2D eigenvalue weighted by Gasteiger charge is 2.17. The van der Waals surface area contributed by atoms with E-state index in [0.29, 0.717) is 0 Å². The molecule has 1 nitrogen and oxygen atoms in total. The van der Waals surface area contributed by atoms with Crippen LogP contribution < -0.4 is 0 Å². The molecule has 0 aliphatic heterocycles. The van der Waals surface area contributed by atoms with Gasteiger partial charge in [0.15, 0.2) is 0 Å². The number of allylic oxidation sites excluding steroid dienone is 2. The van der Waals surface area contributed by atoms with Gasteiger partial charge >= 0.3 is 0 Å². The van der Waals surface area contributed by atoms with Gasteiger partial charge in [-0.25, -0.2) is 0 Å². The number of rotatable bonds is 2. The lowest BCUT2D eigenvalue weighted by Gasteiger charge is -2.06. The summed E-state index contributed by atoms with van der Waals surface area (Å²) >= 11 is 1.64.